The van der Waals surface area contributed by atoms with E-state index in [4.69, 9.17) is 4.74 Å². The lowest BCUT2D eigenvalue weighted by atomic mass is 10.2. The normalized spacial score (nSPS) is 12.6. The molecule has 0 aliphatic carbocycles. The number of ketones is 1. The summed E-state index contributed by atoms with van der Waals surface area (Å²) in [5, 5.41) is 2.61. The van der Waals surface area contributed by atoms with Gasteiger partial charge in [-0.15, -0.1) is 6.58 Å². The first-order chi connectivity index (χ1) is 8.76. The molecular formula is C14H25NO3S. The number of amides is 1. The molecule has 1 unspecified atom stereocenters. The summed E-state index contributed by atoms with van der Waals surface area (Å²) in [5.74, 6) is 1.47. The minimum atomic E-state index is -0.553. The molecule has 5 heteroatoms. The quantitative estimate of drug-likeness (QED) is 0.550. The first-order valence-corrected chi connectivity index (χ1v) is 7.60. The van der Waals surface area contributed by atoms with Crippen LogP contribution >= 0.6 is 11.8 Å². The Morgan fingerprint density at radius 1 is 1.42 bits per heavy atom. The molecule has 1 amide bonds. The number of nitrogens with one attached hydrogen (secondary N) is 1. The molecule has 0 aliphatic heterocycles. The van der Waals surface area contributed by atoms with Gasteiger partial charge in [0.1, 0.15) is 5.60 Å². The number of rotatable bonds is 8. The zero-order chi connectivity index (χ0) is 14.9. The molecular weight excluding hydrogens is 262 g/mol. The number of alkyl carbamates (subject to hydrolysis) is 1. The Hall–Kier alpha value is -0.970. The van der Waals surface area contributed by atoms with Crippen LogP contribution in [0.3, 0.4) is 0 Å². The number of Topliss-reactive ketones (excluding diaryl/α,β-unsaturated/α-hetero) is 1. The van der Waals surface area contributed by atoms with Crippen LogP contribution in [-0.4, -0.2) is 35.0 Å². The molecule has 1 N–H and O–H groups in total. The zero-order valence-electron chi connectivity index (χ0n) is 12.3. The van der Waals surface area contributed by atoms with Crippen molar-refractivity contribution in [3.63, 3.8) is 0 Å². The average Bonchev–Trinajstić information content (AvgIpc) is 2.24. The highest BCUT2D eigenvalue weighted by atomic mass is 32.2. The fourth-order valence-corrected chi connectivity index (χ4v) is 2.33. The Bertz CT molecular complexity index is 310. The molecule has 0 aromatic rings. The van der Waals surface area contributed by atoms with Gasteiger partial charge in [-0.1, -0.05) is 6.08 Å². The molecule has 19 heavy (non-hydrogen) atoms. The second-order valence-corrected chi connectivity index (χ2v) is 6.47. The van der Waals surface area contributed by atoms with E-state index in [1.165, 1.54) is 6.92 Å². The predicted molar refractivity (Wildman–Crippen MR) is 80.6 cm³/mol. The largest absolute Gasteiger partial charge is 0.444 e. The van der Waals surface area contributed by atoms with Crippen LogP contribution in [0.25, 0.3) is 0 Å². The summed E-state index contributed by atoms with van der Waals surface area (Å²) in [6, 6.07) is -0.483. The van der Waals surface area contributed by atoms with Gasteiger partial charge >= 0.3 is 6.09 Å². The minimum Gasteiger partial charge on any atom is -0.444 e. The van der Waals surface area contributed by atoms with E-state index in [-0.39, 0.29) is 5.78 Å². The molecule has 0 aromatic carbocycles. The van der Waals surface area contributed by atoms with Gasteiger partial charge < -0.3 is 10.1 Å². The Balaban J connectivity index is 4.08. The third-order valence-corrected chi connectivity index (χ3v) is 3.31. The molecule has 0 spiro atoms. The number of hydrogen-bond donors (Lipinski definition) is 1. The van der Waals surface area contributed by atoms with E-state index in [0.29, 0.717) is 5.75 Å². The first-order valence-electron chi connectivity index (χ1n) is 6.45. The van der Waals surface area contributed by atoms with Crippen molar-refractivity contribution in [1.82, 2.24) is 5.32 Å². The highest BCUT2D eigenvalue weighted by Gasteiger charge is 2.21. The van der Waals surface area contributed by atoms with E-state index >= 15 is 0 Å². The third kappa shape index (κ3) is 10.6. The second-order valence-electron chi connectivity index (χ2n) is 5.32. The summed E-state index contributed by atoms with van der Waals surface area (Å²) in [7, 11) is 0. The molecule has 0 aromatic heterocycles. The lowest BCUT2D eigenvalue weighted by Crippen LogP contribution is -2.44. The summed E-state index contributed by atoms with van der Waals surface area (Å²) >= 11 is 1.65. The van der Waals surface area contributed by atoms with Crippen molar-refractivity contribution in [2.75, 3.05) is 11.5 Å². The number of carbonyl (C=O) groups is 2. The fraction of sp³-hybridized carbons (Fsp3) is 0.714. The summed E-state index contributed by atoms with van der Waals surface area (Å²) in [4.78, 5) is 23.1. The van der Waals surface area contributed by atoms with Crippen LogP contribution in [-0.2, 0) is 9.53 Å². The van der Waals surface area contributed by atoms with Crippen molar-refractivity contribution >= 4 is 23.6 Å². The van der Waals surface area contributed by atoms with Gasteiger partial charge in [0.05, 0.1) is 6.04 Å². The standard InChI is InChI=1S/C14H25NO3S/c1-6-7-8-9-19-10-12(11(2)16)15-13(17)18-14(3,4)5/h6,12H,1,7-10H2,2-5H3,(H,15,17). The maximum atomic E-state index is 11.6. The third-order valence-electron chi connectivity index (χ3n) is 2.16. The van der Waals surface area contributed by atoms with Crippen LogP contribution in [0.2, 0.25) is 0 Å². The molecule has 4 nitrogen and oxygen atoms in total. The van der Waals surface area contributed by atoms with Crippen molar-refractivity contribution in [1.29, 1.82) is 0 Å². The number of hydrogen-bond acceptors (Lipinski definition) is 4. The fourth-order valence-electron chi connectivity index (χ4n) is 1.24. The minimum absolute atomic E-state index is 0.0536. The Kier molecular flexibility index (Phi) is 8.56. The summed E-state index contributed by atoms with van der Waals surface area (Å²) in [5.41, 5.74) is -0.553. The van der Waals surface area contributed by atoms with E-state index in [2.05, 4.69) is 11.9 Å². The summed E-state index contributed by atoms with van der Waals surface area (Å²) in [6.07, 6.45) is 3.34. The average molecular weight is 287 g/mol. The van der Waals surface area contributed by atoms with Crippen LogP contribution in [0.1, 0.15) is 40.5 Å². The lowest BCUT2D eigenvalue weighted by Gasteiger charge is -2.22. The van der Waals surface area contributed by atoms with Crippen molar-refractivity contribution in [2.24, 2.45) is 0 Å². The highest BCUT2D eigenvalue weighted by Crippen LogP contribution is 2.10. The Morgan fingerprint density at radius 2 is 2.05 bits per heavy atom. The predicted octanol–water partition coefficient (Wildman–Crippen LogP) is 3.17. The maximum absolute atomic E-state index is 11.6. The topological polar surface area (TPSA) is 55.4 Å². The van der Waals surface area contributed by atoms with Crippen LogP contribution in [0, 0.1) is 0 Å². The molecule has 0 bridgehead atoms. The monoisotopic (exact) mass is 287 g/mol. The lowest BCUT2D eigenvalue weighted by molar-refractivity contribution is -0.118. The van der Waals surface area contributed by atoms with Crippen LogP contribution in [0.4, 0.5) is 4.79 Å². The van der Waals surface area contributed by atoms with Gasteiger partial charge in [0.25, 0.3) is 0 Å². The molecule has 110 valence electrons. The van der Waals surface area contributed by atoms with E-state index < -0.39 is 17.7 Å². The summed E-state index contributed by atoms with van der Waals surface area (Å²) in [6.45, 7) is 10.5. The van der Waals surface area contributed by atoms with E-state index in [1.54, 1.807) is 32.5 Å². The van der Waals surface area contributed by atoms with Crippen molar-refractivity contribution in [2.45, 2.75) is 52.2 Å². The van der Waals surface area contributed by atoms with Gasteiger partial charge in [-0.2, -0.15) is 11.8 Å². The maximum Gasteiger partial charge on any atom is 0.408 e. The Morgan fingerprint density at radius 3 is 2.53 bits per heavy atom. The Labute approximate surface area is 120 Å². The van der Waals surface area contributed by atoms with E-state index in [1.807, 2.05) is 6.08 Å². The van der Waals surface area contributed by atoms with Crippen molar-refractivity contribution in [3.8, 4) is 0 Å². The van der Waals surface area contributed by atoms with Crippen LogP contribution < -0.4 is 5.32 Å². The molecule has 0 aliphatic rings. The molecule has 0 saturated heterocycles. The van der Waals surface area contributed by atoms with Gasteiger partial charge in [0.2, 0.25) is 0 Å². The first kappa shape index (κ1) is 18.0. The van der Waals surface area contributed by atoms with E-state index in [0.717, 1.165) is 18.6 Å². The smallest absolute Gasteiger partial charge is 0.408 e. The molecule has 0 fully saturated rings. The number of ether oxygens (including phenoxy) is 1. The van der Waals surface area contributed by atoms with Gasteiger partial charge in [0, 0.05) is 5.75 Å². The summed E-state index contributed by atoms with van der Waals surface area (Å²) < 4.78 is 5.14. The van der Waals surface area contributed by atoms with Gasteiger partial charge in [0.15, 0.2) is 5.78 Å². The van der Waals surface area contributed by atoms with E-state index in [9.17, 15) is 9.59 Å². The zero-order valence-corrected chi connectivity index (χ0v) is 13.1. The molecule has 0 radical (unpaired) electrons. The number of unbranched alkanes of at least 4 members (excludes halogenated alkanes) is 1. The van der Waals surface area contributed by atoms with Gasteiger partial charge in [-0.25, -0.2) is 4.79 Å². The second kappa shape index (κ2) is 9.02. The molecule has 0 heterocycles. The SMILES string of the molecule is C=CCCCSCC(NC(=O)OC(C)(C)C)C(C)=O. The van der Waals surface area contributed by atoms with Crippen LogP contribution in [0.15, 0.2) is 12.7 Å². The highest BCUT2D eigenvalue weighted by molar-refractivity contribution is 7.99. The van der Waals surface area contributed by atoms with Crippen molar-refractivity contribution < 1.29 is 14.3 Å². The van der Waals surface area contributed by atoms with Crippen LogP contribution in [0.5, 0.6) is 0 Å². The van der Waals surface area contributed by atoms with Crippen molar-refractivity contribution in [3.05, 3.63) is 12.7 Å². The number of carbonyl (C=O) groups excluding carboxylic acids is 2. The molecule has 1 atom stereocenters. The number of thioether (sulfide) groups is 1. The number of allylic oxidation sites excluding steroid dienone is 1. The molecule has 0 rings (SSSR count). The van der Waals surface area contributed by atoms with Gasteiger partial charge in [-0.05, 0) is 46.3 Å². The molecule has 0 saturated carbocycles. The van der Waals surface area contributed by atoms with Gasteiger partial charge in [-0.3, -0.25) is 4.79 Å².